The molecule has 2 unspecified atom stereocenters. The minimum atomic E-state index is -0.595. The minimum Gasteiger partial charge on any atom is -0.461 e. The van der Waals surface area contributed by atoms with E-state index in [2.05, 4.69) is 23.6 Å². The molecule has 3 N–H and O–H groups in total. The number of carbonyl (C=O) groups excluding carboxylic acids is 1. The Bertz CT molecular complexity index is 740. The zero-order valence-corrected chi connectivity index (χ0v) is 16.3. The second-order valence-electron chi connectivity index (χ2n) is 7.61. The Morgan fingerprint density at radius 1 is 1.22 bits per heavy atom. The van der Waals surface area contributed by atoms with Crippen molar-refractivity contribution in [1.82, 2.24) is 10.6 Å². The molecule has 1 amide bonds. The number of amides is 1. The maximum atomic E-state index is 12.2. The molecule has 0 saturated carbocycles. The highest BCUT2D eigenvalue weighted by Gasteiger charge is 2.30. The summed E-state index contributed by atoms with van der Waals surface area (Å²) in [4.78, 5) is 12.2. The van der Waals surface area contributed by atoms with E-state index in [-0.39, 0.29) is 5.91 Å². The van der Waals surface area contributed by atoms with E-state index in [0.29, 0.717) is 19.5 Å². The van der Waals surface area contributed by atoms with Crippen LogP contribution in [0.2, 0.25) is 0 Å². The largest absolute Gasteiger partial charge is 0.461 e. The van der Waals surface area contributed by atoms with Crippen LogP contribution in [-0.2, 0) is 17.8 Å². The van der Waals surface area contributed by atoms with E-state index in [0.717, 1.165) is 28.7 Å². The molecule has 3 rings (SSSR count). The average molecular weight is 373 g/mol. The first-order valence-electron chi connectivity index (χ1n) is 10.4. The normalized spacial score (nSPS) is 19.6. The Morgan fingerprint density at radius 3 is 2.81 bits per heavy atom. The molecule has 1 fully saturated rings. The summed E-state index contributed by atoms with van der Waals surface area (Å²) < 4.78 is 6.00. The van der Waals surface area contributed by atoms with E-state index >= 15 is 0 Å². The number of unbranched alkanes of at least 4 members (excludes halogenated alkanes) is 5. The summed E-state index contributed by atoms with van der Waals surface area (Å²) in [7, 11) is 0. The molecule has 148 valence electrons. The quantitative estimate of drug-likeness (QED) is 0.556. The molecule has 1 saturated heterocycles. The van der Waals surface area contributed by atoms with Crippen molar-refractivity contribution in [3.63, 3.8) is 0 Å². The molecule has 0 bridgehead atoms. The molecule has 0 radical (unpaired) electrons. The van der Waals surface area contributed by atoms with Crippen molar-refractivity contribution in [3.05, 3.63) is 35.6 Å². The number of aliphatic hydroxyl groups is 1. The molecule has 1 aliphatic heterocycles. The van der Waals surface area contributed by atoms with Crippen LogP contribution in [0.5, 0.6) is 0 Å². The topological polar surface area (TPSA) is 74.5 Å². The summed E-state index contributed by atoms with van der Waals surface area (Å²) in [5.74, 6) is 0.892. The first-order valence-corrected chi connectivity index (χ1v) is 10.4. The zero-order chi connectivity index (χ0) is 19.1. The summed E-state index contributed by atoms with van der Waals surface area (Å²) in [6, 6.07) is 7.70. The Balaban J connectivity index is 1.49. The van der Waals surface area contributed by atoms with Crippen LogP contribution in [0, 0.1) is 0 Å². The van der Waals surface area contributed by atoms with Crippen LogP contribution in [0.25, 0.3) is 11.0 Å². The standard InChI is InChI=1S/C22H32N2O3/c1-2-3-4-5-6-7-8-18-14-17-10-9-16(13-20(17)27-18)15-24-22(26)21-19(25)11-12-23-21/h9-10,13-14,19,21,23,25H,2-8,11-12,15H2,1H3,(H,24,26). The van der Waals surface area contributed by atoms with Crippen LogP contribution in [0.4, 0.5) is 0 Å². The zero-order valence-electron chi connectivity index (χ0n) is 16.3. The highest BCUT2D eigenvalue weighted by Crippen LogP contribution is 2.22. The average Bonchev–Trinajstić information content (AvgIpc) is 3.27. The number of aryl methyl sites for hydroxylation is 1. The molecule has 2 heterocycles. The monoisotopic (exact) mass is 372 g/mol. The van der Waals surface area contributed by atoms with E-state index in [1.165, 1.54) is 38.5 Å². The second kappa shape index (κ2) is 9.90. The Labute approximate surface area is 161 Å². The van der Waals surface area contributed by atoms with Gasteiger partial charge in [-0.15, -0.1) is 0 Å². The maximum Gasteiger partial charge on any atom is 0.240 e. The lowest BCUT2D eigenvalue weighted by Gasteiger charge is -2.14. The molecule has 0 aliphatic carbocycles. The molecular formula is C22H32N2O3. The predicted octanol–water partition coefficient (Wildman–Crippen LogP) is 3.67. The van der Waals surface area contributed by atoms with Crippen molar-refractivity contribution in [2.45, 2.75) is 77.0 Å². The van der Waals surface area contributed by atoms with Gasteiger partial charge in [-0.05, 0) is 37.1 Å². The smallest absolute Gasteiger partial charge is 0.240 e. The number of hydrogen-bond acceptors (Lipinski definition) is 4. The van der Waals surface area contributed by atoms with E-state index in [1.807, 2.05) is 18.2 Å². The Hall–Kier alpha value is -1.85. The number of furan rings is 1. The van der Waals surface area contributed by atoms with E-state index < -0.39 is 12.1 Å². The molecule has 1 aromatic carbocycles. The van der Waals surface area contributed by atoms with Crippen LogP contribution >= 0.6 is 0 Å². The molecule has 2 atom stereocenters. The first kappa shape index (κ1) is 19.9. The number of hydrogen-bond donors (Lipinski definition) is 3. The number of nitrogens with one attached hydrogen (secondary N) is 2. The third-order valence-electron chi connectivity index (χ3n) is 5.35. The van der Waals surface area contributed by atoms with Crippen LogP contribution in [-0.4, -0.2) is 29.7 Å². The highest BCUT2D eigenvalue weighted by molar-refractivity contribution is 5.83. The molecule has 2 aromatic rings. The number of benzene rings is 1. The lowest BCUT2D eigenvalue weighted by atomic mass is 10.1. The molecule has 5 nitrogen and oxygen atoms in total. The summed E-state index contributed by atoms with van der Waals surface area (Å²) in [6.45, 7) is 3.36. The van der Waals surface area contributed by atoms with Gasteiger partial charge < -0.3 is 20.2 Å². The van der Waals surface area contributed by atoms with Gasteiger partial charge in [0.25, 0.3) is 0 Å². The molecule has 1 aromatic heterocycles. The van der Waals surface area contributed by atoms with Gasteiger partial charge in [0.2, 0.25) is 5.91 Å². The van der Waals surface area contributed by atoms with Gasteiger partial charge in [-0.25, -0.2) is 0 Å². The van der Waals surface area contributed by atoms with Crippen LogP contribution in [0.1, 0.15) is 63.2 Å². The third-order valence-corrected chi connectivity index (χ3v) is 5.35. The first-order chi connectivity index (χ1) is 13.2. The predicted molar refractivity (Wildman–Crippen MR) is 108 cm³/mol. The van der Waals surface area contributed by atoms with Crippen molar-refractivity contribution >= 4 is 16.9 Å². The molecule has 0 spiro atoms. The van der Waals surface area contributed by atoms with Gasteiger partial charge in [0.15, 0.2) is 0 Å². The van der Waals surface area contributed by atoms with Crippen molar-refractivity contribution < 1.29 is 14.3 Å². The van der Waals surface area contributed by atoms with Crippen molar-refractivity contribution in [1.29, 1.82) is 0 Å². The van der Waals surface area contributed by atoms with Crippen LogP contribution in [0.3, 0.4) is 0 Å². The number of fused-ring (bicyclic) bond motifs is 1. The van der Waals surface area contributed by atoms with Crippen molar-refractivity contribution in [3.8, 4) is 0 Å². The van der Waals surface area contributed by atoms with Crippen molar-refractivity contribution in [2.75, 3.05) is 6.54 Å². The van der Waals surface area contributed by atoms with Crippen molar-refractivity contribution in [2.24, 2.45) is 0 Å². The summed E-state index contributed by atoms with van der Waals surface area (Å²) in [5.41, 5.74) is 1.88. The van der Waals surface area contributed by atoms with Gasteiger partial charge in [0.05, 0.1) is 6.10 Å². The lowest BCUT2D eigenvalue weighted by molar-refractivity contribution is -0.124. The minimum absolute atomic E-state index is 0.150. The number of rotatable bonds is 10. The van der Waals surface area contributed by atoms with E-state index in [9.17, 15) is 9.90 Å². The highest BCUT2D eigenvalue weighted by atomic mass is 16.3. The van der Waals surface area contributed by atoms with E-state index in [1.54, 1.807) is 0 Å². The number of aliphatic hydroxyl groups excluding tert-OH is 1. The van der Waals surface area contributed by atoms with Gasteiger partial charge in [0.1, 0.15) is 17.4 Å². The molecule has 27 heavy (non-hydrogen) atoms. The molecular weight excluding hydrogens is 340 g/mol. The molecule has 5 heteroatoms. The van der Waals surface area contributed by atoms with Crippen LogP contribution in [0.15, 0.2) is 28.7 Å². The van der Waals surface area contributed by atoms with Gasteiger partial charge in [-0.3, -0.25) is 4.79 Å². The summed E-state index contributed by atoms with van der Waals surface area (Å²) >= 11 is 0. The van der Waals surface area contributed by atoms with Crippen LogP contribution < -0.4 is 10.6 Å². The third kappa shape index (κ3) is 5.56. The number of carbonyl (C=O) groups is 1. The maximum absolute atomic E-state index is 12.2. The van der Waals surface area contributed by atoms with Gasteiger partial charge in [-0.1, -0.05) is 51.2 Å². The Morgan fingerprint density at radius 2 is 2.04 bits per heavy atom. The Kier molecular flexibility index (Phi) is 7.30. The van der Waals surface area contributed by atoms with Gasteiger partial charge >= 0.3 is 0 Å². The fraction of sp³-hybridized carbons (Fsp3) is 0.591. The van der Waals surface area contributed by atoms with Gasteiger partial charge in [-0.2, -0.15) is 0 Å². The summed E-state index contributed by atoms with van der Waals surface area (Å²) in [6.07, 6.45) is 8.70. The SMILES string of the molecule is CCCCCCCCc1cc2ccc(CNC(=O)C3NCCC3O)cc2o1. The fourth-order valence-electron chi connectivity index (χ4n) is 3.70. The van der Waals surface area contributed by atoms with Gasteiger partial charge in [0, 0.05) is 18.4 Å². The molecule has 1 aliphatic rings. The van der Waals surface area contributed by atoms with E-state index in [4.69, 9.17) is 4.42 Å². The fourth-order valence-corrected chi connectivity index (χ4v) is 3.70. The second-order valence-corrected chi connectivity index (χ2v) is 7.61. The summed E-state index contributed by atoms with van der Waals surface area (Å²) in [5, 5.41) is 16.8. The lowest BCUT2D eigenvalue weighted by Crippen LogP contribution is -2.45.